The number of fused-ring (bicyclic) bond motifs is 2. The monoisotopic (exact) mass is 421 g/mol. The van der Waals surface area contributed by atoms with Crippen LogP contribution in [0.25, 0.3) is 5.69 Å². The van der Waals surface area contributed by atoms with Gasteiger partial charge in [-0.25, -0.2) is 9.67 Å². The van der Waals surface area contributed by atoms with Crippen LogP contribution in [0, 0.1) is 10.8 Å². The number of ether oxygens (including phenoxy) is 1. The molecule has 2 fully saturated rings. The summed E-state index contributed by atoms with van der Waals surface area (Å²) >= 11 is 0. The van der Waals surface area contributed by atoms with Gasteiger partial charge in [-0.1, -0.05) is 25.9 Å². The third-order valence-corrected chi connectivity index (χ3v) is 6.35. The van der Waals surface area contributed by atoms with Gasteiger partial charge in [-0.05, 0) is 54.4 Å². The van der Waals surface area contributed by atoms with Crippen molar-refractivity contribution in [1.82, 2.24) is 24.8 Å². The predicted octanol–water partition coefficient (Wildman–Crippen LogP) is 3.88. The van der Waals surface area contributed by atoms with Crippen LogP contribution in [0.1, 0.15) is 56.3 Å². The molecule has 162 valence electrons. The molecule has 8 heteroatoms. The molecule has 1 saturated carbocycles. The Hall–Kier alpha value is -3.16. The molecule has 1 aromatic carbocycles. The third-order valence-electron chi connectivity index (χ3n) is 6.35. The van der Waals surface area contributed by atoms with Crippen LogP contribution in [0.2, 0.25) is 0 Å². The van der Waals surface area contributed by atoms with Gasteiger partial charge in [0, 0.05) is 18.7 Å². The molecule has 0 N–H and O–H groups in total. The molecule has 1 aliphatic heterocycles. The lowest BCUT2D eigenvalue weighted by Crippen LogP contribution is -2.37. The fraction of sp³-hybridized carbons (Fsp3) is 0.478. The summed E-state index contributed by atoms with van der Waals surface area (Å²) in [6.45, 7) is 7.89. The molecule has 0 radical (unpaired) electrons. The van der Waals surface area contributed by atoms with Crippen molar-refractivity contribution in [3.05, 3.63) is 54.4 Å². The van der Waals surface area contributed by atoms with Crippen molar-refractivity contribution in [1.29, 1.82) is 0 Å². The van der Waals surface area contributed by atoms with Crippen LogP contribution in [0.3, 0.4) is 0 Å². The van der Waals surface area contributed by atoms with Gasteiger partial charge in [-0.2, -0.15) is 5.10 Å². The summed E-state index contributed by atoms with van der Waals surface area (Å²) in [6, 6.07) is 9.47. The molecule has 1 saturated heterocycles. The summed E-state index contributed by atoms with van der Waals surface area (Å²) in [5, 5.41) is 8.13. The van der Waals surface area contributed by atoms with Crippen molar-refractivity contribution in [3.63, 3.8) is 0 Å². The van der Waals surface area contributed by atoms with Crippen LogP contribution < -0.4 is 4.74 Å². The van der Waals surface area contributed by atoms with Crippen LogP contribution in [-0.2, 0) is 6.61 Å². The van der Waals surface area contributed by atoms with Crippen LogP contribution in [0.4, 0.5) is 0 Å². The summed E-state index contributed by atoms with van der Waals surface area (Å²) in [7, 11) is 0. The molecule has 3 aromatic rings. The second-order valence-corrected chi connectivity index (χ2v) is 9.95. The van der Waals surface area contributed by atoms with E-state index in [1.54, 1.807) is 17.1 Å². The van der Waals surface area contributed by atoms with Crippen molar-refractivity contribution in [3.8, 4) is 11.4 Å². The van der Waals surface area contributed by atoms with Crippen LogP contribution in [-0.4, -0.2) is 43.3 Å². The number of nitrogens with zero attached hydrogens (tertiary/aromatic N) is 5. The van der Waals surface area contributed by atoms with Gasteiger partial charge in [0.15, 0.2) is 11.5 Å². The fourth-order valence-corrected chi connectivity index (χ4v) is 5.52. The van der Waals surface area contributed by atoms with E-state index in [1.165, 1.54) is 6.33 Å². The Morgan fingerprint density at radius 3 is 2.77 bits per heavy atom. The Balaban J connectivity index is 1.22. The average Bonchev–Trinajstić information content (AvgIpc) is 3.45. The lowest BCUT2D eigenvalue weighted by Gasteiger charge is -2.39. The Labute approximate surface area is 181 Å². The van der Waals surface area contributed by atoms with Crippen molar-refractivity contribution in [2.24, 2.45) is 10.8 Å². The zero-order valence-electron chi connectivity index (χ0n) is 18.1. The molecule has 3 heterocycles. The summed E-state index contributed by atoms with van der Waals surface area (Å²) in [4.78, 5) is 19.1. The normalized spacial score (nSPS) is 24.4. The van der Waals surface area contributed by atoms with Gasteiger partial charge >= 0.3 is 0 Å². The van der Waals surface area contributed by atoms with Gasteiger partial charge in [-0.15, -0.1) is 0 Å². The number of likely N-dealkylation sites (tertiary alicyclic amines) is 1. The van der Waals surface area contributed by atoms with Gasteiger partial charge < -0.3 is 14.2 Å². The maximum Gasteiger partial charge on any atom is 0.276 e. The number of rotatable bonds is 5. The molecule has 8 nitrogen and oxygen atoms in total. The van der Waals surface area contributed by atoms with Crippen molar-refractivity contribution >= 4 is 5.91 Å². The van der Waals surface area contributed by atoms with Crippen LogP contribution >= 0.6 is 0 Å². The Morgan fingerprint density at radius 1 is 1.23 bits per heavy atom. The van der Waals surface area contributed by atoms with E-state index in [9.17, 15) is 4.79 Å². The molecular weight excluding hydrogens is 394 g/mol. The van der Waals surface area contributed by atoms with E-state index in [0.717, 1.165) is 31.5 Å². The van der Waals surface area contributed by atoms with E-state index in [1.807, 2.05) is 29.2 Å². The molecule has 2 bridgehead atoms. The fourth-order valence-electron chi connectivity index (χ4n) is 5.52. The molecule has 5 rings (SSSR count). The smallest absolute Gasteiger partial charge is 0.276 e. The van der Waals surface area contributed by atoms with Gasteiger partial charge in [0.05, 0.1) is 5.69 Å². The van der Waals surface area contributed by atoms with Gasteiger partial charge in [0.25, 0.3) is 5.91 Å². The van der Waals surface area contributed by atoms with Crippen molar-refractivity contribution in [2.75, 3.05) is 6.54 Å². The zero-order chi connectivity index (χ0) is 21.6. The largest absolute Gasteiger partial charge is 0.486 e. The quantitative estimate of drug-likeness (QED) is 0.622. The summed E-state index contributed by atoms with van der Waals surface area (Å²) < 4.78 is 12.8. The van der Waals surface area contributed by atoms with Gasteiger partial charge in [-0.3, -0.25) is 4.79 Å². The Bertz CT molecular complexity index is 1070. The Morgan fingerprint density at radius 2 is 2.03 bits per heavy atom. The highest BCUT2D eigenvalue weighted by Crippen LogP contribution is 2.52. The van der Waals surface area contributed by atoms with Crippen molar-refractivity contribution < 1.29 is 14.1 Å². The first-order valence-corrected chi connectivity index (χ1v) is 10.6. The Kier molecular flexibility index (Phi) is 4.60. The minimum Gasteiger partial charge on any atom is -0.486 e. The van der Waals surface area contributed by atoms with E-state index in [0.29, 0.717) is 17.2 Å². The minimum atomic E-state index is -0.0430. The molecular formula is C23H27N5O3. The minimum absolute atomic E-state index is 0.0430. The SMILES string of the molecule is CC1(C)C[C@@H]2C[C@@](C)(CN2C(=O)c2cc(COc3ccc(-n4cncn4)cc3)on2)C1. The molecule has 2 aliphatic rings. The highest BCUT2D eigenvalue weighted by atomic mass is 16.5. The maximum atomic E-state index is 13.1. The van der Waals surface area contributed by atoms with Crippen molar-refractivity contribution in [2.45, 2.75) is 52.7 Å². The van der Waals surface area contributed by atoms with E-state index >= 15 is 0 Å². The molecule has 2 atom stereocenters. The number of hydrogen-bond acceptors (Lipinski definition) is 6. The standard InChI is InChI=1S/C23H27N5O3/c1-22(2)9-17-10-23(3,12-22)13-27(17)21(29)20-8-19(31-26-20)11-30-18-6-4-16(5-7-18)28-15-24-14-25-28/h4-8,14-15,17H,9-13H2,1-3H3/t17-,23-/m1/s1. The highest BCUT2D eigenvalue weighted by Gasteiger charge is 2.51. The van der Waals surface area contributed by atoms with E-state index < -0.39 is 0 Å². The maximum absolute atomic E-state index is 13.1. The number of carbonyl (C=O) groups excluding carboxylic acids is 1. The molecule has 2 aromatic heterocycles. The number of benzene rings is 1. The number of carbonyl (C=O) groups is 1. The molecule has 31 heavy (non-hydrogen) atoms. The lowest BCUT2D eigenvalue weighted by molar-refractivity contribution is 0.0697. The molecule has 0 spiro atoms. The number of hydrogen-bond donors (Lipinski definition) is 0. The molecule has 1 amide bonds. The summed E-state index contributed by atoms with van der Waals surface area (Å²) in [5.41, 5.74) is 1.70. The first-order chi connectivity index (χ1) is 14.8. The summed E-state index contributed by atoms with van der Waals surface area (Å²) in [6.07, 6.45) is 6.38. The van der Waals surface area contributed by atoms with Crippen LogP contribution in [0.5, 0.6) is 5.75 Å². The predicted molar refractivity (Wildman–Crippen MR) is 113 cm³/mol. The van der Waals surface area contributed by atoms with Gasteiger partial charge in [0.1, 0.15) is 25.0 Å². The summed E-state index contributed by atoms with van der Waals surface area (Å²) in [5.74, 6) is 1.17. The highest BCUT2D eigenvalue weighted by molar-refractivity contribution is 5.92. The number of aromatic nitrogens is 4. The van der Waals surface area contributed by atoms with Crippen LogP contribution in [0.15, 0.2) is 47.5 Å². The topological polar surface area (TPSA) is 86.3 Å². The first-order valence-electron chi connectivity index (χ1n) is 10.6. The first kappa shape index (κ1) is 19.8. The molecule has 0 unspecified atom stereocenters. The second kappa shape index (κ2) is 7.21. The zero-order valence-corrected chi connectivity index (χ0v) is 18.1. The van der Waals surface area contributed by atoms with E-state index in [-0.39, 0.29) is 29.4 Å². The lowest BCUT2D eigenvalue weighted by atomic mass is 9.65. The average molecular weight is 422 g/mol. The third kappa shape index (κ3) is 3.94. The number of amides is 1. The van der Waals surface area contributed by atoms with Gasteiger partial charge in [0.2, 0.25) is 0 Å². The van der Waals surface area contributed by atoms with E-state index in [2.05, 4.69) is 36.0 Å². The second-order valence-electron chi connectivity index (χ2n) is 9.95. The van der Waals surface area contributed by atoms with E-state index in [4.69, 9.17) is 9.26 Å². The molecule has 1 aliphatic carbocycles.